The Hall–Kier alpha value is -3.15. The number of furan rings is 1. The number of hydrogen-bond acceptors (Lipinski definition) is 3. The molecule has 6 heteroatoms. The van der Waals surface area contributed by atoms with Crippen LogP contribution >= 0.6 is 23.8 Å². The van der Waals surface area contributed by atoms with E-state index in [0.717, 1.165) is 45.5 Å². The summed E-state index contributed by atoms with van der Waals surface area (Å²) in [4.78, 5) is 6.73. The van der Waals surface area contributed by atoms with Gasteiger partial charge in [0.2, 0.25) is 0 Å². The lowest BCUT2D eigenvalue weighted by atomic mass is 10.0. The highest BCUT2D eigenvalue weighted by atomic mass is 35.5. The van der Waals surface area contributed by atoms with Gasteiger partial charge >= 0.3 is 0 Å². The quantitative estimate of drug-likeness (QED) is 0.315. The second-order valence-electron chi connectivity index (χ2n) is 8.18. The number of nitrogens with one attached hydrogen (secondary N) is 1. The summed E-state index contributed by atoms with van der Waals surface area (Å²) in [5.74, 6) is 1.58. The smallest absolute Gasteiger partial charge is 0.174 e. The predicted octanol–water partition coefficient (Wildman–Crippen LogP) is 7.04. The van der Waals surface area contributed by atoms with E-state index in [2.05, 4.69) is 46.4 Å². The number of anilines is 1. The van der Waals surface area contributed by atoms with Crippen LogP contribution in [0, 0.1) is 6.92 Å². The average Bonchev–Trinajstić information content (AvgIpc) is 3.46. The third-order valence-electron chi connectivity index (χ3n) is 6.10. The van der Waals surface area contributed by atoms with Crippen molar-refractivity contribution in [3.8, 4) is 11.3 Å². The lowest BCUT2D eigenvalue weighted by molar-refractivity contribution is 0.439. The molecule has 2 atom stereocenters. The Kier molecular flexibility index (Phi) is 5.92. The van der Waals surface area contributed by atoms with E-state index in [9.17, 15) is 0 Å². The van der Waals surface area contributed by atoms with Gasteiger partial charge in [0.05, 0.1) is 11.7 Å². The van der Waals surface area contributed by atoms with Crippen molar-refractivity contribution in [1.82, 2.24) is 10.3 Å². The molecular weight excluding hydrogens is 450 g/mol. The van der Waals surface area contributed by atoms with Gasteiger partial charge in [0.1, 0.15) is 17.6 Å². The molecule has 33 heavy (non-hydrogen) atoms. The van der Waals surface area contributed by atoms with Crippen LogP contribution in [0.25, 0.3) is 11.3 Å². The Labute approximate surface area is 204 Å². The minimum Gasteiger partial charge on any atom is -0.459 e. The highest BCUT2D eigenvalue weighted by Gasteiger charge is 2.42. The average molecular weight is 474 g/mol. The molecule has 4 aromatic rings. The van der Waals surface area contributed by atoms with Crippen molar-refractivity contribution in [2.45, 2.75) is 32.4 Å². The number of aromatic nitrogens is 1. The fourth-order valence-corrected chi connectivity index (χ4v) is 4.75. The van der Waals surface area contributed by atoms with E-state index >= 15 is 0 Å². The number of halogens is 1. The first-order valence-corrected chi connectivity index (χ1v) is 11.8. The summed E-state index contributed by atoms with van der Waals surface area (Å²) in [6.07, 6.45) is 2.79. The Morgan fingerprint density at radius 2 is 1.88 bits per heavy atom. The summed E-state index contributed by atoms with van der Waals surface area (Å²) in [7, 11) is 0. The zero-order chi connectivity index (χ0) is 22.9. The number of pyridine rings is 1. The number of rotatable bonds is 5. The van der Waals surface area contributed by atoms with Crippen LogP contribution in [0.15, 0.2) is 83.4 Å². The highest BCUT2D eigenvalue weighted by Crippen LogP contribution is 2.43. The van der Waals surface area contributed by atoms with Gasteiger partial charge in [0.25, 0.3) is 0 Å². The molecule has 3 heterocycles. The van der Waals surface area contributed by atoms with Gasteiger partial charge in [-0.25, -0.2) is 0 Å². The van der Waals surface area contributed by atoms with Crippen molar-refractivity contribution >= 4 is 34.6 Å². The molecule has 0 radical (unpaired) electrons. The first-order valence-electron chi connectivity index (χ1n) is 11.0. The van der Waals surface area contributed by atoms with Crippen LogP contribution in [0.3, 0.4) is 0 Å². The maximum Gasteiger partial charge on any atom is 0.174 e. The van der Waals surface area contributed by atoms with Gasteiger partial charge in [-0.3, -0.25) is 4.98 Å². The Morgan fingerprint density at radius 1 is 1.06 bits per heavy atom. The number of aryl methyl sites for hydroxylation is 2. The van der Waals surface area contributed by atoms with E-state index in [1.807, 2.05) is 55.5 Å². The maximum absolute atomic E-state index is 6.42. The van der Waals surface area contributed by atoms with Crippen molar-refractivity contribution in [1.29, 1.82) is 0 Å². The molecular formula is C27H24ClN3OS. The van der Waals surface area contributed by atoms with Gasteiger partial charge in [-0.05, 0) is 79.2 Å². The van der Waals surface area contributed by atoms with Crippen molar-refractivity contribution in [2.24, 2.45) is 0 Å². The second-order valence-corrected chi connectivity index (χ2v) is 8.98. The molecule has 2 aromatic carbocycles. The number of hydrogen-bond donors (Lipinski definition) is 1. The molecule has 0 spiro atoms. The van der Waals surface area contributed by atoms with Gasteiger partial charge < -0.3 is 14.6 Å². The van der Waals surface area contributed by atoms with Crippen molar-refractivity contribution in [3.63, 3.8) is 0 Å². The summed E-state index contributed by atoms with van der Waals surface area (Å²) >= 11 is 12.2. The third kappa shape index (κ3) is 4.14. The molecule has 1 aliphatic rings. The van der Waals surface area contributed by atoms with E-state index in [0.29, 0.717) is 5.11 Å². The lowest BCUT2D eigenvalue weighted by Gasteiger charge is -2.26. The molecule has 1 N–H and O–H groups in total. The Morgan fingerprint density at radius 3 is 2.58 bits per heavy atom. The Balaban J connectivity index is 1.58. The van der Waals surface area contributed by atoms with Gasteiger partial charge in [-0.1, -0.05) is 48.9 Å². The molecule has 0 aliphatic carbocycles. The molecule has 1 fully saturated rings. The van der Waals surface area contributed by atoms with E-state index in [1.165, 1.54) is 5.56 Å². The van der Waals surface area contributed by atoms with Crippen LogP contribution in [0.2, 0.25) is 5.02 Å². The van der Waals surface area contributed by atoms with E-state index < -0.39 is 0 Å². The molecule has 1 aliphatic heterocycles. The fourth-order valence-electron chi connectivity index (χ4n) is 4.23. The molecule has 4 nitrogen and oxygen atoms in total. The first kappa shape index (κ1) is 21.7. The Bertz CT molecular complexity index is 1290. The zero-order valence-electron chi connectivity index (χ0n) is 18.5. The van der Waals surface area contributed by atoms with Gasteiger partial charge in [0, 0.05) is 22.5 Å². The second kappa shape index (κ2) is 9.00. The summed E-state index contributed by atoms with van der Waals surface area (Å²) in [5.41, 5.74) is 5.19. The molecule has 2 aromatic heterocycles. The molecule has 1 saturated heterocycles. The maximum atomic E-state index is 6.42. The van der Waals surface area contributed by atoms with Gasteiger partial charge in [0.15, 0.2) is 5.11 Å². The number of thiocarbonyl (C=S) groups is 1. The van der Waals surface area contributed by atoms with Gasteiger partial charge in [-0.15, -0.1) is 0 Å². The molecule has 5 rings (SSSR count). The molecule has 0 bridgehead atoms. The molecule has 0 unspecified atom stereocenters. The number of benzene rings is 2. The monoisotopic (exact) mass is 473 g/mol. The predicted molar refractivity (Wildman–Crippen MR) is 138 cm³/mol. The largest absolute Gasteiger partial charge is 0.459 e. The van der Waals surface area contributed by atoms with Crippen molar-refractivity contribution in [2.75, 3.05) is 4.90 Å². The van der Waals surface area contributed by atoms with Gasteiger partial charge in [-0.2, -0.15) is 0 Å². The summed E-state index contributed by atoms with van der Waals surface area (Å²) in [6.45, 7) is 4.14. The van der Waals surface area contributed by atoms with Crippen LogP contribution in [0.4, 0.5) is 5.69 Å². The number of nitrogens with zero attached hydrogens (tertiary/aromatic N) is 2. The van der Waals surface area contributed by atoms with E-state index in [4.69, 9.17) is 28.2 Å². The zero-order valence-corrected chi connectivity index (χ0v) is 20.0. The van der Waals surface area contributed by atoms with Crippen molar-refractivity contribution in [3.05, 3.63) is 107 Å². The normalized spacial score (nSPS) is 17.9. The summed E-state index contributed by atoms with van der Waals surface area (Å²) in [5, 5.41) is 4.85. The van der Waals surface area contributed by atoms with Crippen LogP contribution in [-0.2, 0) is 6.42 Å². The fraction of sp³-hybridized carbons (Fsp3) is 0.185. The molecule has 0 amide bonds. The van der Waals surface area contributed by atoms with Crippen LogP contribution < -0.4 is 10.2 Å². The molecule has 0 saturated carbocycles. The summed E-state index contributed by atoms with van der Waals surface area (Å²) in [6, 6.07) is 24.1. The van der Waals surface area contributed by atoms with E-state index in [1.54, 1.807) is 6.20 Å². The topological polar surface area (TPSA) is 41.3 Å². The minimum atomic E-state index is -0.186. The first-order chi connectivity index (χ1) is 16.0. The minimum absolute atomic E-state index is 0.148. The standard InChI is InChI=1S/C27H24ClN3OS/c1-3-18-8-11-20(12-9-18)31-26(25(30-27(31)33)22-6-4-5-15-29-22)24-14-13-23(32-24)19-10-7-17(2)21(28)16-19/h4-16,25-26H,3H2,1-2H3,(H,30,33)/t25-,26-/m0/s1. The third-order valence-corrected chi connectivity index (χ3v) is 6.82. The van der Waals surface area contributed by atoms with Crippen LogP contribution in [0.5, 0.6) is 0 Å². The van der Waals surface area contributed by atoms with Crippen molar-refractivity contribution < 1.29 is 4.42 Å². The van der Waals surface area contributed by atoms with Crippen LogP contribution in [0.1, 0.15) is 41.6 Å². The SMILES string of the molecule is CCc1ccc(N2C(=S)N[C@@H](c3ccccn3)[C@@H]2c2ccc(-c3ccc(C)c(Cl)c3)o2)cc1. The van der Waals surface area contributed by atoms with Crippen LogP contribution in [-0.4, -0.2) is 10.1 Å². The molecule has 166 valence electrons. The summed E-state index contributed by atoms with van der Waals surface area (Å²) < 4.78 is 6.42. The highest BCUT2D eigenvalue weighted by molar-refractivity contribution is 7.80. The lowest BCUT2D eigenvalue weighted by Crippen LogP contribution is -2.29. The van der Waals surface area contributed by atoms with E-state index in [-0.39, 0.29) is 12.1 Å².